The molecule has 114 valence electrons. The number of benzene rings is 1. The van der Waals surface area contributed by atoms with E-state index in [0.717, 1.165) is 0 Å². The Morgan fingerprint density at radius 1 is 1.05 bits per heavy atom. The summed E-state index contributed by atoms with van der Waals surface area (Å²) in [5, 5.41) is 38.5. The van der Waals surface area contributed by atoms with Crippen molar-refractivity contribution in [1.82, 2.24) is 4.98 Å². The number of aromatic hydroxyl groups is 1. The topological polar surface area (TPSA) is 157 Å². The minimum Gasteiger partial charge on any atom is -0.501 e. The van der Waals surface area contributed by atoms with Crippen LogP contribution in [0.1, 0.15) is 10.4 Å². The third-order valence-corrected chi connectivity index (χ3v) is 2.28. The van der Waals surface area contributed by atoms with Crippen molar-refractivity contribution in [3.63, 3.8) is 0 Å². The Bertz CT molecular complexity index is 641. The van der Waals surface area contributed by atoms with Crippen LogP contribution in [0.25, 0.3) is 0 Å². The molecule has 0 saturated carbocycles. The van der Waals surface area contributed by atoms with Gasteiger partial charge in [0, 0.05) is 18.5 Å². The van der Waals surface area contributed by atoms with Crippen molar-refractivity contribution in [2.45, 2.75) is 0 Å². The van der Waals surface area contributed by atoms with Crippen LogP contribution in [-0.4, -0.2) is 31.0 Å². The van der Waals surface area contributed by atoms with E-state index < -0.39 is 38.5 Å². The largest absolute Gasteiger partial charge is 0.501 e. The summed E-state index contributed by atoms with van der Waals surface area (Å²) >= 11 is 0. The molecule has 0 saturated heterocycles. The number of hydrogen-bond donors (Lipinski definition) is 2. The Balaban J connectivity index is 0.000000335. The molecule has 0 bridgehead atoms. The molecule has 1 aromatic carbocycles. The summed E-state index contributed by atoms with van der Waals surface area (Å²) in [5.74, 6) is -2.80. The van der Waals surface area contributed by atoms with E-state index in [1.165, 1.54) is 0 Å². The molecule has 1 aromatic heterocycles. The molecule has 0 atom stereocenters. The average molecular weight is 307 g/mol. The van der Waals surface area contributed by atoms with Gasteiger partial charge in [-0.1, -0.05) is 6.07 Å². The van der Waals surface area contributed by atoms with Gasteiger partial charge >= 0.3 is 11.7 Å². The molecule has 0 unspecified atom stereocenters. The zero-order valence-corrected chi connectivity index (χ0v) is 10.8. The van der Waals surface area contributed by atoms with E-state index in [-0.39, 0.29) is 0 Å². The number of phenols is 1. The van der Waals surface area contributed by atoms with Crippen LogP contribution in [-0.2, 0) is 0 Å². The summed E-state index contributed by atoms with van der Waals surface area (Å²) in [4.78, 5) is 33.0. The highest BCUT2D eigenvalue weighted by atomic mass is 16.6. The number of nitro benzene ring substituents is 2. The molecule has 0 amide bonds. The number of pyridine rings is 1. The van der Waals surface area contributed by atoms with Crippen molar-refractivity contribution in [2.24, 2.45) is 0 Å². The number of rotatable bonds is 3. The molecule has 0 fully saturated rings. The van der Waals surface area contributed by atoms with Crippen molar-refractivity contribution in [3.05, 3.63) is 68.5 Å². The van der Waals surface area contributed by atoms with Crippen molar-refractivity contribution in [2.75, 3.05) is 0 Å². The lowest BCUT2D eigenvalue weighted by Gasteiger charge is -2.00. The van der Waals surface area contributed by atoms with Gasteiger partial charge in [-0.3, -0.25) is 25.2 Å². The van der Waals surface area contributed by atoms with Gasteiger partial charge in [-0.05, 0) is 12.1 Å². The predicted octanol–water partition coefficient (Wildman–Crippen LogP) is 1.99. The Kier molecular flexibility index (Phi) is 5.46. The molecular weight excluding hydrogens is 298 g/mol. The van der Waals surface area contributed by atoms with Gasteiger partial charge in [0.2, 0.25) is 5.75 Å². The Labute approximate surface area is 122 Å². The molecule has 2 N–H and O–H groups in total. The van der Waals surface area contributed by atoms with Crippen LogP contribution in [0.2, 0.25) is 0 Å². The first-order valence-electron chi connectivity index (χ1n) is 5.58. The number of nitro groups is 2. The van der Waals surface area contributed by atoms with E-state index in [1.54, 1.807) is 12.4 Å². The quantitative estimate of drug-likeness (QED) is 0.643. The fraction of sp³-hybridized carbons (Fsp3) is 0. The number of hydrogen-bond acceptors (Lipinski definition) is 7. The lowest BCUT2D eigenvalue weighted by Crippen LogP contribution is -2.02. The predicted molar refractivity (Wildman–Crippen MR) is 72.6 cm³/mol. The molecule has 0 spiro atoms. The monoisotopic (exact) mass is 307 g/mol. The van der Waals surface area contributed by atoms with Crippen LogP contribution >= 0.6 is 0 Å². The number of carboxylic acids is 1. The van der Waals surface area contributed by atoms with E-state index in [1.807, 2.05) is 18.2 Å². The van der Waals surface area contributed by atoms with Crippen LogP contribution < -0.4 is 0 Å². The number of aromatic carboxylic acids is 1. The van der Waals surface area contributed by atoms with Gasteiger partial charge in [0.15, 0.2) is 0 Å². The van der Waals surface area contributed by atoms with E-state index in [4.69, 9.17) is 5.11 Å². The van der Waals surface area contributed by atoms with Crippen molar-refractivity contribution in [3.8, 4) is 5.75 Å². The van der Waals surface area contributed by atoms with Crippen LogP contribution in [0.5, 0.6) is 5.75 Å². The van der Waals surface area contributed by atoms with Crippen molar-refractivity contribution in [1.29, 1.82) is 0 Å². The van der Waals surface area contributed by atoms with Crippen LogP contribution in [0.4, 0.5) is 11.4 Å². The number of non-ortho nitro benzene ring substituents is 1. The molecular formula is C12H9N3O7. The second kappa shape index (κ2) is 7.28. The second-order valence-electron chi connectivity index (χ2n) is 3.70. The molecule has 0 aliphatic rings. The van der Waals surface area contributed by atoms with Gasteiger partial charge < -0.3 is 10.2 Å². The highest BCUT2D eigenvalue weighted by Crippen LogP contribution is 2.34. The second-order valence-corrected chi connectivity index (χ2v) is 3.70. The van der Waals surface area contributed by atoms with Gasteiger partial charge in [0.25, 0.3) is 5.69 Å². The number of nitrogens with zero attached hydrogens (tertiary/aromatic N) is 3. The van der Waals surface area contributed by atoms with E-state index >= 15 is 0 Å². The normalized spacial score (nSPS) is 9.27. The highest BCUT2D eigenvalue weighted by molar-refractivity contribution is 5.93. The average Bonchev–Trinajstić information content (AvgIpc) is 2.49. The third kappa shape index (κ3) is 4.23. The van der Waals surface area contributed by atoms with Crippen molar-refractivity contribution >= 4 is 17.3 Å². The molecule has 2 rings (SSSR count). The zero-order valence-electron chi connectivity index (χ0n) is 10.8. The minimum atomic E-state index is -1.69. The maximum atomic E-state index is 10.6. The molecule has 0 aliphatic heterocycles. The zero-order chi connectivity index (χ0) is 16.7. The van der Waals surface area contributed by atoms with Gasteiger partial charge in [0.1, 0.15) is 5.56 Å². The Morgan fingerprint density at radius 3 is 1.95 bits per heavy atom. The van der Waals surface area contributed by atoms with Gasteiger partial charge in [-0.2, -0.15) is 0 Å². The maximum absolute atomic E-state index is 10.6. The molecule has 1 heterocycles. The molecule has 22 heavy (non-hydrogen) atoms. The standard InChI is InChI=1S/C7H4N2O7.C5H5N/c10-6-4(7(11)12)1-3(8(13)14)2-5(6)9(15)16;1-2-4-6-5-3-1/h1-2,10H,(H,11,12);1-5H. The Morgan fingerprint density at radius 2 is 1.64 bits per heavy atom. The van der Waals surface area contributed by atoms with Gasteiger partial charge in [0.05, 0.1) is 15.9 Å². The molecule has 10 heteroatoms. The lowest BCUT2D eigenvalue weighted by molar-refractivity contribution is -0.394. The summed E-state index contributed by atoms with van der Waals surface area (Å²) in [6, 6.07) is 6.75. The third-order valence-electron chi connectivity index (χ3n) is 2.28. The molecule has 2 aromatic rings. The summed E-state index contributed by atoms with van der Waals surface area (Å²) < 4.78 is 0. The smallest absolute Gasteiger partial charge is 0.340 e. The summed E-state index contributed by atoms with van der Waals surface area (Å²) in [6.45, 7) is 0. The highest BCUT2D eigenvalue weighted by Gasteiger charge is 2.26. The van der Waals surface area contributed by atoms with E-state index in [2.05, 4.69) is 4.98 Å². The summed E-state index contributed by atoms with van der Waals surface area (Å²) in [5.41, 5.74) is -2.69. The summed E-state index contributed by atoms with van der Waals surface area (Å²) in [7, 11) is 0. The van der Waals surface area contributed by atoms with Crippen LogP contribution in [0.3, 0.4) is 0 Å². The number of aromatic nitrogens is 1. The first-order chi connectivity index (χ1) is 10.3. The fourth-order valence-electron chi connectivity index (χ4n) is 1.32. The molecule has 10 nitrogen and oxygen atoms in total. The van der Waals surface area contributed by atoms with Gasteiger partial charge in [-0.15, -0.1) is 0 Å². The Hall–Kier alpha value is -3.56. The van der Waals surface area contributed by atoms with Crippen LogP contribution in [0.15, 0.2) is 42.7 Å². The van der Waals surface area contributed by atoms with Crippen LogP contribution in [0, 0.1) is 20.2 Å². The van der Waals surface area contributed by atoms with E-state index in [9.17, 15) is 30.1 Å². The SMILES string of the molecule is O=C(O)c1cc([N+](=O)[O-])cc([N+](=O)[O-])c1O.c1ccncc1. The minimum absolute atomic E-state index is 0.488. The first kappa shape index (κ1) is 16.5. The number of carbonyl (C=O) groups is 1. The van der Waals surface area contributed by atoms with Crippen molar-refractivity contribution < 1.29 is 24.9 Å². The number of carboxylic acid groups (broad SMARTS) is 1. The first-order valence-corrected chi connectivity index (χ1v) is 5.58. The summed E-state index contributed by atoms with van der Waals surface area (Å²) in [6.07, 6.45) is 3.50. The maximum Gasteiger partial charge on any atom is 0.340 e. The molecule has 0 aliphatic carbocycles. The fourth-order valence-corrected chi connectivity index (χ4v) is 1.32. The van der Waals surface area contributed by atoms with E-state index in [0.29, 0.717) is 12.1 Å². The molecule has 0 radical (unpaired) electrons. The van der Waals surface area contributed by atoms with Gasteiger partial charge in [-0.25, -0.2) is 4.79 Å². The lowest BCUT2D eigenvalue weighted by atomic mass is 10.1.